The van der Waals surface area contributed by atoms with Gasteiger partial charge in [0.05, 0.1) is 7.11 Å². The molecule has 0 saturated carbocycles. The van der Waals surface area contributed by atoms with Gasteiger partial charge in [0.1, 0.15) is 5.75 Å². The van der Waals surface area contributed by atoms with E-state index in [1.807, 2.05) is 0 Å². The molecule has 2 unspecified atom stereocenters. The standard InChI is InChI=1S/C19H31N3O/c1-16-5-3-4-12-22(16)19(15-21-13-10-20-11-14-21)17-6-8-18(23-2)9-7-17/h6-9,16,19-20H,3-5,10-15H2,1-2H3. The summed E-state index contributed by atoms with van der Waals surface area (Å²) in [7, 11) is 1.74. The van der Waals surface area contributed by atoms with Gasteiger partial charge in [-0.15, -0.1) is 0 Å². The molecule has 2 saturated heterocycles. The van der Waals surface area contributed by atoms with E-state index in [-0.39, 0.29) is 0 Å². The molecule has 2 aliphatic heterocycles. The number of hydrogen-bond donors (Lipinski definition) is 1. The predicted molar refractivity (Wildman–Crippen MR) is 95.1 cm³/mol. The van der Waals surface area contributed by atoms with E-state index in [9.17, 15) is 0 Å². The normalized spacial score (nSPS) is 25.2. The molecule has 1 aromatic carbocycles. The first-order valence-corrected chi connectivity index (χ1v) is 9.10. The van der Waals surface area contributed by atoms with Crippen molar-refractivity contribution in [2.45, 2.75) is 38.3 Å². The van der Waals surface area contributed by atoms with E-state index in [2.05, 4.69) is 46.3 Å². The highest BCUT2D eigenvalue weighted by Gasteiger charge is 2.29. The Labute approximate surface area is 140 Å². The van der Waals surface area contributed by atoms with Crippen molar-refractivity contribution in [3.05, 3.63) is 29.8 Å². The van der Waals surface area contributed by atoms with Crippen molar-refractivity contribution in [3.8, 4) is 5.75 Å². The summed E-state index contributed by atoms with van der Waals surface area (Å²) in [6, 6.07) is 9.90. The van der Waals surface area contributed by atoms with Gasteiger partial charge in [-0.3, -0.25) is 9.80 Å². The van der Waals surface area contributed by atoms with E-state index in [4.69, 9.17) is 4.74 Å². The Kier molecular flexibility index (Phi) is 5.92. The first kappa shape index (κ1) is 16.7. The van der Waals surface area contributed by atoms with Gasteiger partial charge in [0.2, 0.25) is 0 Å². The van der Waals surface area contributed by atoms with Crippen molar-refractivity contribution in [2.24, 2.45) is 0 Å². The number of nitrogens with one attached hydrogen (secondary N) is 1. The van der Waals surface area contributed by atoms with Crippen LogP contribution in [0.15, 0.2) is 24.3 Å². The minimum Gasteiger partial charge on any atom is -0.497 e. The molecule has 0 spiro atoms. The first-order valence-electron chi connectivity index (χ1n) is 9.10. The summed E-state index contributed by atoms with van der Waals surface area (Å²) in [6.07, 6.45) is 4.04. The molecule has 128 valence electrons. The van der Waals surface area contributed by atoms with Crippen LogP contribution in [0.5, 0.6) is 5.75 Å². The summed E-state index contributed by atoms with van der Waals surface area (Å²) in [5, 5.41) is 3.46. The van der Waals surface area contributed by atoms with Gasteiger partial charge in [0.15, 0.2) is 0 Å². The maximum Gasteiger partial charge on any atom is 0.118 e. The van der Waals surface area contributed by atoms with Crippen molar-refractivity contribution in [1.82, 2.24) is 15.1 Å². The lowest BCUT2D eigenvalue weighted by Gasteiger charge is -2.42. The Morgan fingerprint density at radius 2 is 1.87 bits per heavy atom. The van der Waals surface area contributed by atoms with Gasteiger partial charge in [-0.1, -0.05) is 18.6 Å². The highest BCUT2D eigenvalue weighted by Crippen LogP contribution is 2.30. The van der Waals surface area contributed by atoms with Gasteiger partial charge >= 0.3 is 0 Å². The van der Waals surface area contributed by atoms with Crippen LogP contribution >= 0.6 is 0 Å². The maximum absolute atomic E-state index is 5.33. The predicted octanol–water partition coefficient (Wildman–Crippen LogP) is 2.52. The van der Waals surface area contributed by atoms with Gasteiger partial charge in [-0.05, 0) is 44.0 Å². The minimum atomic E-state index is 0.495. The van der Waals surface area contributed by atoms with Crippen LogP contribution in [0.25, 0.3) is 0 Å². The second kappa shape index (κ2) is 8.13. The lowest BCUT2D eigenvalue weighted by atomic mass is 9.96. The number of hydrogen-bond acceptors (Lipinski definition) is 4. The van der Waals surface area contributed by atoms with Crippen molar-refractivity contribution in [1.29, 1.82) is 0 Å². The summed E-state index contributed by atoms with van der Waals surface area (Å²) in [5.41, 5.74) is 1.43. The molecule has 0 amide bonds. The van der Waals surface area contributed by atoms with Crippen molar-refractivity contribution < 1.29 is 4.74 Å². The number of ether oxygens (including phenoxy) is 1. The zero-order valence-corrected chi connectivity index (χ0v) is 14.6. The molecule has 1 N–H and O–H groups in total. The first-order chi connectivity index (χ1) is 11.3. The molecule has 2 heterocycles. The Morgan fingerprint density at radius 1 is 1.13 bits per heavy atom. The van der Waals surface area contributed by atoms with Crippen LogP contribution < -0.4 is 10.1 Å². The SMILES string of the molecule is COc1ccc(C(CN2CCNCC2)N2CCCCC2C)cc1. The molecular formula is C19H31N3O. The van der Waals surface area contributed by atoms with Gasteiger partial charge in [0.25, 0.3) is 0 Å². The molecule has 23 heavy (non-hydrogen) atoms. The molecule has 2 atom stereocenters. The van der Waals surface area contributed by atoms with E-state index in [0.29, 0.717) is 12.1 Å². The smallest absolute Gasteiger partial charge is 0.118 e. The average Bonchev–Trinajstić information content (AvgIpc) is 2.61. The molecule has 4 heteroatoms. The fourth-order valence-electron chi connectivity index (χ4n) is 3.95. The number of piperazine rings is 1. The van der Waals surface area contributed by atoms with Gasteiger partial charge in [-0.2, -0.15) is 0 Å². The number of rotatable bonds is 5. The van der Waals surface area contributed by atoms with Crippen LogP contribution in [0.4, 0.5) is 0 Å². The fraction of sp³-hybridized carbons (Fsp3) is 0.684. The summed E-state index contributed by atoms with van der Waals surface area (Å²) in [4.78, 5) is 5.35. The molecule has 3 rings (SSSR count). The topological polar surface area (TPSA) is 27.7 Å². The fourth-order valence-corrected chi connectivity index (χ4v) is 3.95. The van der Waals surface area contributed by atoms with Gasteiger partial charge in [0, 0.05) is 44.8 Å². The molecule has 1 aromatic rings. The zero-order chi connectivity index (χ0) is 16.1. The number of nitrogens with zero attached hydrogens (tertiary/aromatic N) is 2. The summed E-state index contributed by atoms with van der Waals surface area (Å²) in [5.74, 6) is 0.946. The van der Waals surface area contributed by atoms with E-state index in [1.165, 1.54) is 31.4 Å². The number of piperidine rings is 1. The average molecular weight is 317 g/mol. The van der Waals surface area contributed by atoms with Crippen molar-refractivity contribution >= 4 is 0 Å². The highest BCUT2D eigenvalue weighted by molar-refractivity contribution is 5.29. The van der Waals surface area contributed by atoms with Crippen LogP contribution in [0.3, 0.4) is 0 Å². The molecule has 0 bridgehead atoms. The third-order valence-corrected chi connectivity index (χ3v) is 5.40. The highest BCUT2D eigenvalue weighted by atomic mass is 16.5. The van der Waals surface area contributed by atoms with E-state index in [0.717, 1.165) is 38.5 Å². The molecule has 0 aliphatic carbocycles. The third kappa shape index (κ3) is 4.25. The van der Waals surface area contributed by atoms with E-state index in [1.54, 1.807) is 7.11 Å². The van der Waals surface area contributed by atoms with Crippen LogP contribution in [0.1, 0.15) is 37.8 Å². The summed E-state index contributed by atoms with van der Waals surface area (Å²) < 4.78 is 5.33. The molecule has 0 aromatic heterocycles. The maximum atomic E-state index is 5.33. The summed E-state index contributed by atoms with van der Waals surface area (Å²) in [6.45, 7) is 9.31. The molecule has 2 fully saturated rings. The molecule has 4 nitrogen and oxygen atoms in total. The third-order valence-electron chi connectivity index (χ3n) is 5.40. The van der Waals surface area contributed by atoms with Gasteiger partial charge in [-0.25, -0.2) is 0 Å². The van der Waals surface area contributed by atoms with Crippen molar-refractivity contribution in [2.75, 3.05) is 46.4 Å². The number of methoxy groups -OCH3 is 1. The lowest BCUT2D eigenvalue weighted by Crippen LogP contribution is -2.49. The van der Waals surface area contributed by atoms with Crippen LogP contribution in [-0.2, 0) is 0 Å². The number of benzene rings is 1. The van der Waals surface area contributed by atoms with E-state index < -0.39 is 0 Å². The molecular weight excluding hydrogens is 286 g/mol. The second-order valence-electron chi connectivity index (χ2n) is 6.92. The lowest BCUT2D eigenvalue weighted by molar-refractivity contribution is 0.0722. The quantitative estimate of drug-likeness (QED) is 0.903. The Morgan fingerprint density at radius 3 is 2.52 bits per heavy atom. The molecule has 2 aliphatic rings. The second-order valence-corrected chi connectivity index (χ2v) is 6.92. The monoisotopic (exact) mass is 317 g/mol. The minimum absolute atomic E-state index is 0.495. The zero-order valence-electron chi connectivity index (χ0n) is 14.6. The Hall–Kier alpha value is -1.10. The van der Waals surface area contributed by atoms with Gasteiger partial charge < -0.3 is 10.1 Å². The van der Waals surface area contributed by atoms with Crippen molar-refractivity contribution in [3.63, 3.8) is 0 Å². The largest absolute Gasteiger partial charge is 0.497 e. The van der Waals surface area contributed by atoms with Crippen LogP contribution in [0, 0.1) is 0 Å². The number of likely N-dealkylation sites (tertiary alicyclic amines) is 1. The van der Waals surface area contributed by atoms with Crippen LogP contribution in [0.2, 0.25) is 0 Å². The molecule has 0 radical (unpaired) electrons. The summed E-state index contributed by atoms with van der Waals surface area (Å²) >= 11 is 0. The van der Waals surface area contributed by atoms with E-state index >= 15 is 0 Å². The van der Waals surface area contributed by atoms with Crippen LogP contribution in [-0.4, -0.2) is 62.2 Å². The Balaban J connectivity index is 1.78. The Bertz CT molecular complexity index is 470.